The normalized spacial score (nSPS) is 25.7. The lowest BCUT2D eigenvalue weighted by atomic mass is 9.91. The molecule has 0 aliphatic carbocycles. The van der Waals surface area contributed by atoms with Crippen molar-refractivity contribution < 1.29 is 4.79 Å². The molecule has 0 spiro atoms. The third-order valence-electron chi connectivity index (χ3n) is 3.78. The molecule has 19 heavy (non-hydrogen) atoms. The second kappa shape index (κ2) is 7.85. The Kier molecular flexibility index (Phi) is 6.80. The van der Waals surface area contributed by atoms with Gasteiger partial charge in [0, 0.05) is 13.1 Å². The molecule has 112 valence electrons. The summed E-state index contributed by atoms with van der Waals surface area (Å²) in [6.07, 6.45) is 2.33. The molecule has 3 atom stereocenters. The summed E-state index contributed by atoms with van der Waals surface area (Å²) < 4.78 is 0. The van der Waals surface area contributed by atoms with Gasteiger partial charge in [0.05, 0.1) is 6.04 Å². The lowest BCUT2D eigenvalue weighted by Gasteiger charge is -2.36. The number of nitrogens with zero attached hydrogens (tertiary/aromatic N) is 2. The molecule has 4 heteroatoms. The zero-order chi connectivity index (χ0) is 14.4. The smallest absolute Gasteiger partial charge is 0.239 e. The van der Waals surface area contributed by atoms with Crippen LogP contribution in [0, 0.1) is 11.8 Å². The van der Waals surface area contributed by atoms with Gasteiger partial charge in [0.15, 0.2) is 0 Å². The van der Waals surface area contributed by atoms with E-state index in [-0.39, 0.29) is 11.9 Å². The fraction of sp³-hybridized carbons (Fsp3) is 0.933. The van der Waals surface area contributed by atoms with Crippen molar-refractivity contribution in [3.05, 3.63) is 0 Å². The average molecular weight is 269 g/mol. The maximum Gasteiger partial charge on any atom is 0.239 e. The van der Waals surface area contributed by atoms with Crippen molar-refractivity contribution >= 4 is 5.91 Å². The lowest BCUT2D eigenvalue weighted by Crippen LogP contribution is -2.50. The van der Waals surface area contributed by atoms with Gasteiger partial charge in [0.1, 0.15) is 0 Å². The Bertz CT molecular complexity index is 271. The van der Waals surface area contributed by atoms with Crippen molar-refractivity contribution in [3.63, 3.8) is 0 Å². The van der Waals surface area contributed by atoms with Crippen molar-refractivity contribution in [2.75, 3.05) is 40.3 Å². The Hall–Kier alpha value is -0.610. The van der Waals surface area contributed by atoms with Crippen molar-refractivity contribution in [2.45, 2.75) is 39.7 Å². The summed E-state index contributed by atoms with van der Waals surface area (Å²) in [4.78, 5) is 16.6. The van der Waals surface area contributed by atoms with Crippen LogP contribution in [-0.4, -0.2) is 62.0 Å². The summed E-state index contributed by atoms with van der Waals surface area (Å²) in [7, 11) is 4.15. The van der Waals surface area contributed by atoms with E-state index < -0.39 is 0 Å². The van der Waals surface area contributed by atoms with Crippen LogP contribution in [0.5, 0.6) is 0 Å². The minimum absolute atomic E-state index is 0.0559. The van der Waals surface area contributed by atoms with Crippen LogP contribution in [0.1, 0.15) is 33.6 Å². The van der Waals surface area contributed by atoms with E-state index in [1.807, 2.05) is 11.8 Å². The second-order valence-corrected chi connectivity index (χ2v) is 6.52. The molecule has 0 saturated carbocycles. The Balaban J connectivity index is 2.31. The van der Waals surface area contributed by atoms with Gasteiger partial charge in [-0.3, -0.25) is 4.79 Å². The van der Waals surface area contributed by atoms with E-state index in [1.165, 1.54) is 6.42 Å². The van der Waals surface area contributed by atoms with Crippen LogP contribution in [0.15, 0.2) is 0 Å². The molecular weight excluding hydrogens is 238 g/mol. The molecule has 1 rings (SSSR count). The number of likely N-dealkylation sites (tertiary alicyclic amines) is 1. The lowest BCUT2D eigenvalue weighted by molar-refractivity contribution is -0.135. The van der Waals surface area contributed by atoms with Crippen molar-refractivity contribution in [1.82, 2.24) is 15.1 Å². The van der Waals surface area contributed by atoms with Gasteiger partial charge in [0.25, 0.3) is 0 Å². The molecule has 0 aromatic rings. The fourth-order valence-electron chi connectivity index (χ4n) is 2.92. The molecule has 1 saturated heterocycles. The molecule has 1 aliphatic heterocycles. The van der Waals surface area contributed by atoms with Crippen LogP contribution >= 0.6 is 0 Å². The van der Waals surface area contributed by atoms with Crippen molar-refractivity contribution in [2.24, 2.45) is 11.8 Å². The number of hydrogen-bond acceptors (Lipinski definition) is 3. The molecule has 0 unspecified atom stereocenters. The van der Waals surface area contributed by atoms with Gasteiger partial charge in [-0.25, -0.2) is 0 Å². The molecule has 1 amide bonds. The van der Waals surface area contributed by atoms with E-state index in [4.69, 9.17) is 0 Å². The van der Waals surface area contributed by atoms with Crippen LogP contribution in [0.3, 0.4) is 0 Å². The van der Waals surface area contributed by atoms with Crippen LogP contribution < -0.4 is 5.32 Å². The predicted octanol–water partition coefficient (Wildman–Crippen LogP) is 1.42. The first-order valence-corrected chi connectivity index (χ1v) is 7.57. The van der Waals surface area contributed by atoms with E-state index in [9.17, 15) is 4.79 Å². The van der Waals surface area contributed by atoms with Gasteiger partial charge < -0.3 is 15.1 Å². The highest BCUT2D eigenvalue weighted by molar-refractivity contribution is 5.81. The predicted molar refractivity (Wildman–Crippen MR) is 80.2 cm³/mol. The molecule has 0 aromatic heterocycles. The summed E-state index contributed by atoms with van der Waals surface area (Å²) in [6, 6.07) is -0.0559. The van der Waals surface area contributed by atoms with E-state index in [2.05, 4.69) is 38.2 Å². The molecule has 0 radical (unpaired) electrons. The largest absolute Gasteiger partial charge is 0.341 e. The number of nitrogens with one attached hydrogen (secondary N) is 1. The first-order valence-electron chi connectivity index (χ1n) is 7.57. The summed E-state index contributed by atoms with van der Waals surface area (Å²) in [5.41, 5.74) is 0. The van der Waals surface area contributed by atoms with Gasteiger partial charge in [-0.1, -0.05) is 13.8 Å². The number of hydrogen-bond donors (Lipinski definition) is 1. The number of carbonyl (C=O) groups is 1. The third kappa shape index (κ3) is 5.91. The maximum absolute atomic E-state index is 12.4. The topological polar surface area (TPSA) is 35.6 Å². The van der Waals surface area contributed by atoms with Crippen LogP contribution in [0.2, 0.25) is 0 Å². The van der Waals surface area contributed by atoms with E-state index in [0.29, 0.717) is 11.8 Å². The Morgan fingerprint density at radius 2 is 1.89 bits per heavy atom. The molecule has 1 aliphatic rings. The second-order valence-electron chi connectivity index (χ2n) is 6.52. The quantitative estimate of drug-likeness (QED) is 0.741. The number of piperidine rings is 1. The number of rotatable bonds is 6. The molecule has 4 nitrogen and oxygen atoms in total. The Morgan fingerprint density at radius 3 is 2.42 bits per heavy atom. The standard InChI is InChI=1S/C15H31N3O/c1-12-9-13(2)11-18(10-12)15(19)14(3)16-7-6-8-17(4)5/h12-14,16H,6-11H2,1-5H3/t12-,13-,14+/m0/s1. The van der Waals surface area contributed by atoms with Crippen LogP contribution in [-0.2, 0) is 4.79 Å². The maximum atomic E-state index is 12.4. The average Bonchev–Trinajstić information content (AvgIpc) is 2.32. The van der Waals surface area contributed by atoms with E-state index >= 15 is 0 Å². The highest BCUT2D eigenvalue weighted by Crippen LogP contribution is 2.21. The van der Waals surface area contributed by atoms with Gasteiger partial charge in [-0.2, -0.15) is 0 Å². The SMILES string of the molecule is C[C@H]1C[C@H](C)CN(C(=O)[C@@H](C)NCCCN(C)C)C1. The Morgan fingerprint density at radius 1 is 1.32 bits per heavy atom. The van der Waals surface area contributed by atoms with Crippen molar-refractivity contribution in [1.29, 1.82) is 0 Å². The monoisotopic (exact) mass is 269 g/mol. The van der Waals surface area contributed by atoms with Crippen molar-refractivity contribution in [3.8, 4) is 0 Å². The number of carbonyl (C=O) groups excluding carboxylic acids is 1. The molecule has 1 heterocycles. The first-order chi connectivity index (χ1) is 8.90. The summed E-state index contributed by atoms with van der Waals surface area (Å²) >= 11 is 0. The number of amides is 1. The van der Waals surface area contributed by atoms with Gasteiger partial charge in [-0.05, 0) is 58.8 Å². The van der Waals surface area contributed by atoms with Gasteiger partial charge >= 0.3 is 0 Å². The minimum Gasteiger partial charge on any atom is -0.341 e. The zero-order valence-corrected chi connectivity index (χ0v) is 13.3. The summed E-state index contributed by atoms with van der Waals surface area (Å²) in [5.74, 6) is 1.53. The molecule has 0 bridgehead atoms. The van der Waals surface area contributed by atoms with E-state index in [1.54, 1.807) is 0 Å². The third-order valence-corrected chi connectivity index (χ3v) is 3.78. The summed E-state index contributed by atoms with van der Waals surface area (Å²) in [5, 5.41) is 3.35. The van der Waals surface area contributed by atoms with Gasteiger partial charge in [0.2, 0.25) is 5.91 Å². The molecule has 1 N–H and O–H groups in total. The summed E-state index contributed by atoms with van der Waals surface area (Å²) in [6.45, 7) is 10.3. The van der Waals surface area contributed by atoms with Gasteiger partial charge in [-0.15, -0.1) is 0 Å². The van der Waals surface area contributed by atoms with E-state index in [0.717, 1.165) is 32.6 Å². The highest BCUT2D eigenvalue weighted by Gasteiger charge is 2.27. The van der Waals surface area contributed by atoms with Crippen LogP contribution in [0.25, 0.3) is 0 Å². The first kappa shape index (κ1) is 16.4. The molecule has 1 fully saturated rings. The van der Waals surface area contributed by atoms with Crippen LogP contribution in [0.4, 0.5) is 0 Å². The molecular formula is C15H31N3O. The minimum atomic E-state index is -0.0559. The zero-order valence-electron chi connectivity index (χ0n) is 13.3. The fourth-order valence-corrected chi connectivity index (χ4v) is 2.92. The Labute approximate surface area is 118 Å². The highest BCUT2D eigenvalue weighted by atomic mass is 16.2. The molecule has 0 aromatic carbocycles.